The number of carbonyl (C=O) groups excluding carboxylic acids is 1. The van der Waals surface area contributed by atoms with Crippen LogP contribution in [0.3, 0.4) is 0 Å². The molecule has 0 aliphatic carbocycles. The van der Waals surface area contributed by atoms with E-state index in [0.717, 1.165) is 36.8 Å². The molecule has 0 spiro atoms. The van der Waals surface area contributed by atoms with Crippen molar-refractivity contribution in [1.82, 2.24) is 4.98 Å². The van der Waals surface area contributed by atoms with Crippen LogP contribution in [-0.4, -0.2) is 37.3 Å². The van der Waals surface area contributed by atoms with Crippen LogP contribution < -0.4 is 5.32 Å². The van der Waals surface area contributed by atoms with Crippen LogP contribution in [0.1, 0.15) is 38.8 Å². The van der Waals surface area contributed by atoms with Crippen LogP contribution in [0.5, 0.6) is 0 Å². The molecule has 20 heavy (non-hydrogen) atoms. The van der Waals surface area contributed by atoms with Crippen molar-refractivity contribution in [3.05, 3.63) is 11.1 Å². The third-order valence-electron chi connectivity index (χ3n) is 2.61. The summed E-state index contributed by atoms with van der Waals surface area (Å²) in [5.74, 6) is -0.167. The summed E-state index contributed by atoms with van der Waals surface area (Å²) in [6, 6.07) is 0. The second kappa shape index (κ2) is 10.6. The van der Waals surface area contributed by atoms with Gasteiger partial charge in [-0.1, -0.05) is 13.3 Å². The van der Waals surface area contributed by atoms with Gasteiger partial charge in [-0.25, -0.2) is 4.98 Å². The van der Waals surface area contributed by atoms with Gasteiger partial charge in [0, 0.05) is 25.0 Å². The van der Waals surface area contributed by atoms with Gasteiger partial charge in [0.2, 0.25) is 0 Å². The molecule has 0 saturated carbocycles. The number of nitrogens with one attached hydrogen (secondary N) is 1. The Kier molecular flexibility index (Phi) is 8.98. The molecule has 0 aliphatic rings. The molecule has 0 fully saturated rings. The summed E-state index contributed by atoms with van der Waals surface area (Å²) in [5, 5.41) is 6.07. The number of thiazole rings is 1. The number of hydrogen-bond acceptors (Lipinski definition) is 6. The van der Waals surface area contributed by atoms with Gasteiger partial charge in [0.05, 0.1) is 25.3 Å². The van der Waals surface area contributed by atoms with Gasteiger partial charge in [-0.3, -0.25) is 4.79 Å². The van der Waals surface area contributed by atoms with Crippen molar-refractivity contribution in [3.63, 3.8) is 0 Å². The summed E-state index contributed by atoms with van der Waals surface area (Å²) in [6.45, 7) is 6.66. The van der Waals surface area contributed by atoms with Gasteiger partial charge >= 0.3 is 5.97 Å². The molecule has 0 amide bonds. The van der Waals surface area contributed by atoms with E-state index in [1.165, 1.54) is 0 Å². The van der Waals surface area contributed by atoms with Gasteiger partial charge in [-0.15, -0.1) is 11.3 Å². The van der Waals surface area contributed by atoms with Gasteiger partial charge in [-0.2, -0.15) is 0 Å². The number of hydrogen-bond donors (Lipinski definition) is 1. The number of unbranched alkanes of at least 4 members (excludes halogenated alkanes) is 1. The maximum Gasteiger partial charge on any atom is 0.306 e. The molecule has 1 heterocycles. The third kappa shape index (κ3) is 7.45. The minimum absolute atomic E-state index is 0.167. The molecule has 1 aromatic rings. The summed E-state index contributed by atoms with van der Waals surface area (Å²) in [5.41, 5.74) is 0.928. The van der Waals surface area contributed by atoms with Crippen LogP contribution in [0.4, 0.5) is 5.13 Å². The average Bonchev–Trinajstić information content (AvgIpc) is 2.89. The summed E-state index contributed by atoms with van der Waals surface area (Å²) >= 11 is 1.55. The Balaban J connectivity index is 2.14. The van der Waals surface area contributed by atoms with E-state index in [9.17, 15) is 4.79 Å². The Hall–Kier alpha value is -1.14. The van der Waals surface area contributed by atoms with Crippen molar-refractivity contribution in [2.45, 2.75) is 39.5 Å². The largest absolute Gasteiger partial charge is 0.466 e. The number of ether oxygens (including phenoxy) is 2. The van der Waals surface area contributed by atoms with E-state index in [1.54, 1.807) is 11.3 Å². The van der Waals surface area contributed by atoms with E-state index < -0.39 is 0 Å². The van der Waals surface area contributed by atoms with Gasteiger partial charge in [0.1, 0.15) is 0 Å². The molecule has 0 atom stereocenters. The summed E-state index contributed by atoms with van der Waals surface area (Å²) < 4.78 is 10.3. The number of aryl methyl sites for hydroxylation is 1. The molecule has 114 valence electrons. The fraction of sp³-hybridized carbons (Fsp3) is 0.714. The summed E-state index contributed by atoms with van der Waals surface area (Å²) in [4.78, 5) is 15.7. The van der Waals surface area contributed by atoms with Crippen molar-refractivity contribution >= 4 is 22.4 Å². The highest BCUT2D eigenvalue weighted by Crippen LogP contribution is 2.16. The second-order valence-corrected chi connectivity index (χ2v) is 5.20. The lowest BCUT2D eigenvalue weighted by Gasteiger charge is -2.04. The van der Waals surface area contributed by atoms with E-state index in [4.69, 9.17) is 9.47 Å². The van der Waals surface area contributed by atoms with Crippen LogP contribution >= 0.6 is 11.3 Å². The fourth-order valence-electron chi connectivity index (χ4n) is 1.54. The van der Waals surface area contributed by atoms with Gasteiger partial charge in [0.15, 0.2) is 5.13 Å². The maximum atomic E-state index is 11.2. The normalized spacial score (nSPS) is 10.5. The molecule has 1 N–H and O–H groups in total. The van der Waals surface area contributed by atoms with Crippen molar-refractivity contribution < 1.29 is 14.3 Å². The summed E-state index contributed by atoms with van der Waals surface area (Å²) in [6.07, 6.45) is 3.28. The monoisotopic (exact) mass is 300 g/mol. The van der Waals surface area contributed by atoms with Crippen LogP contribution in [0.2, 0.25) is 0 Å². The highest BCUT2D eigenvalue weighted by Gasteiger charge is 2.06. The highest BCUT2D eigenvalue weighted by atomic mass is 32.1. The predicted octanol–water partition coefficient (Wildman–Crippen LogP) is 2.87. The quantitative estimate of drug-likeness (QED) is 0.503. The molecule has 0 aromatic carbocycles. The first-order chi connectivity index (χ1) is 9.76. The predicted molar refractivity (Wildman–Crippen MR) is 81.3 cm³/mol. The van der Waals surface area contributed by atoms with E-state index in [2.05, 4.69) is 17.2 Å². The van der Waals surface area contributed by atoms with Crippen molar-refractivity contribution in [1.29, 1.82) is 0 Å². The topological polar surface area (TPSA) is 60.5 Å². The molecular weight excluding hydrogens is 276 g/mol. The van der Waals surface area contributed by atoms with Gasteiger partial charge in [-0.05, 0) is 13.3 Å². The van der Waals surface area contributed by atoms with E-state index in [0.29, 0.717) is 26.1 Å². The zero-order chi connectivity index (χ0) is 14.6. The number of esters is 1. The summed E-state index contributed by atoms with van der Waals surface area (Å²) in [7, 11) is 0. The fourth-order valence-corrected chi connectivity index (χ4v) is 2.32. The Bertz CT molecular complexity index is 382. The molecule has 6 heteroatoms. The first-order valence-electron chi connectivity index (χ1n) is 7.17. The molecule has 0 radical (unpaired) electrons. The number of nitrogens with zero attached hydrogens (tertiary/aromatic N) is 1. The Morgan fingerprint density at radius 1 is 1.40 bits per heavy atom. The number of aromatic nitrogens is 1. The number of rotatable bonds is 11. The van der Waals surface area contributed by atoms with E-state index >= 15 is 0 Å². The second-order valence-electron chi connectivity index (χ2n) is 4.34. The van der Waals surface area contributed by atoms with Crippen LogP contribution in [0.25, 0.3) is 0 Å². The molecule has 0 saturated heterocycles. The molecule has 1 rings (SSSR count). The van der Waals surface area contributed by atoms with E-state index in [-0.39, 0.29) is 5.97 Å². The minimum atomic E-state index is -0.167. The molecule has 0 unspecified atom stereocenters. The first-order valence-corrected chi connectivity index (χ1v) is 8.05. The average molecular weight is 300 g/mol. The van der Waals surface area contributed by atoms with Gasteiger partial charge < -0.3 is 14.8 Å². The maximum absolute atomic E-state index is 11.2. The molecule has 0 bridgehead atoms. The lowest BCUT2D eigenvalue weighted by molar-refractivity contribution is -0.143. The molecule has 5 nitrogen and oxygen atoms in total. The van der Waals surface area contributed by atoms with Crippen molar-refractivity contribution in [2.24, 2.45) is 0 Å². The zero-order valence-electron chi connectivity index (χ0n) is 12.3. The van der Waals surface area contributed by atoms with Crippen LogP contribution in [-0.2, 0) is 20.7 Å². The molecular formula is C14H24N2O3S. The Morgan fingerprint density at radius 2 is 2.25 bits per heavy atom. The Labute approximate surface area is 124 Å². The zero-order valence-corrected chi connectivity index (χ0v) is 13.1. The Morgan fingerprint density at radius 3 is 3.00 bits per heavy atom. The molecule has 0 aliphatic heterocycles. The third-order valence-corrected chi connectivity index (χ3v) is 3.46. The van der Waals surface area contributed by atoms with E-state index in [1.807, 2.05) is 12.3 Å². The standard InChI is InChI=1S/C14H24N2O3S/c1-3-5-9-18-10-8-15-14-16-12(11-20-14)6-7-13(17)19-4-2/h11H,3-10H2,1-2H3,(H,15,16). The van der Waals surface area contributed by atoms with Crippen LogP contribution in [0.15, 0.2) is 5.38 Å². The highest BCUT2D eigenvalue weighted by molar-refractivity contribution is 7.13. The lowest BCUT2D eigenvalue weighted by atomic mass is 10.2. The number of carbonyl (C=O) groups is 1. The smallest absolute Gasteiger partial charge is 0.306 e. The minimum Gasteiger partial charge on any atom is -0.466 e. The number of anilines is 1. The lowest BCUT2D eigenvalue weighted by Crippen LogP contribution is -2.10. The van der Waals surface area contributed by atoms with Crippen molar-refractivity contribution in [2.75, 3.05) is 31.7 Å². The van der Waals surface area contributed by atoms with Crippen LogP contribution in [0, 0.1) is 0 Å². The van der Waals surface area contributed by atoms with Crippen molar-refractivity contribution in [3.8, 4) is 0 Å². The van der Waals surface area contributed by atoms with Gasteiger partial charge in [0.25, 0.3) is 0 Å². The first kappa shape index (κ1) is 16.9. The molecule has 1 aromatic heterocycles. The SMILES string of the molecule is CCCCOCCNc1nc(CCC(=O)OCC)cs1.